The summed E-state index contributed by atoms with van der Waals surface area (Å²) in [7, 11) is 0. The second-order valence-electron chi connectivity index (χ2n) is 4.34. The zero-order chi connectivity index (χ0) is 11.1. The van der Waals surface area contributed by atoms with Crippen LogP contribution < -0.4 is 0 Å². The van der Waals surface area contributed by atoms with Gasteiger partial charge in [-0.05, 0) is 25.3 Å². The molecule has 80 valence electrons. The third-order valence-corrected chi connectivity index (χ3v) is 3.11. The van der Waals surface area contributed by atoms with Crippen LogP contribution >= 0.6 is 0 Å². The quantitative estimate of drug-likeness (QED) is 0.774. The molecule has 0 atom stereocenters. The van der Waals surface area contributed by atoms with Crippen LogP contribution in [0.3, 0.4) is 0 Å². The largest absolute Gasteiger partial charge is 0.481 e. The van der Waals surface area contributed by atoms with Gasteiger partial charge in [-0.15, -0.1) is 0 Å². The number of carbonyl (C=O) groups is 1. The van der Waals surface area contributed by atoms with E-state index in [1.807, 2.05) is 31.2 Å². The third-order valence-electron chi connectivity index (χ3n) is 3.11. The molecule has 2 N–H and O–H groups in total. The van der Waals surface area contributed by atoms with Crippen LogP contribution in [0.4, 0.5) is 0 Å². The molecule has 0 aromatic heterocycles. The molecule has 1 aromatic carbocycles. The number of hydrogen-bond donors (Lipinski definition) is 2. The highest BCUT2D eigenvalue weighted by Gasteiger charge is 2.47. The zero-order valence-electron chi connectivity index (χ0n) is 8.60. The monoisotopic (exact) mass is 206 g/mol. The standard InChI is InChI=1S/C12H14O3/c1-8-2-4-10(5-3-8)12(15)6-9(7-12)11(13)14/h2-5,9,15H,6-7H2,1H3,(H,13,14). The van der Waals surface area contributed by atoms with E-state index < -0.39 is 17.5 Å². The maximum Gasteiger partial charge on any atom is 0.306 e. The van der Waals surface area contributed by atoms with Gasteiger partial charge in [0.15, 0.2) is 0 Å². The van der Waals surface area contributed by atoms with Gasteiger partial charge in [-0.2, -0.15) is 0 Å². The van der Waals surface area contributed by atoms with E-state index in [2.05, 4.69) is 0 Å². The minimum Gasteiger partial charge on any atom is -0.481 e. The summed E-state index contributed by atoms with van der Waals surface area (Å²) < 4.78 is 0. The zero-order valence-corrected chi connectivity index (χ0v) is 8.60. The number of hydrogen-bond acceptors (Lipinski definition) is 2. The first-order valence-electron chi connectivity index (χ1n) is 5.03. The summed E-state index contributed by atoms with van der Waals surface area (Å²) in [6.45, 7) is 1.98. The average Bonchev–Trinajstić information content (AvgIpc) is 2.13. The van der Waals surface area contributed by atoms with E-state index in [4.69, 9.17) is 5.11 Å². The van der Waals surface area contributed by atoms with Gasteiger partial charge in [-0.25, -0.2) is 0 Å². The van der Waals surface area contributed by atoms with Crippen LogP contribution in [-0.2, 0) is 10.4 Å². The Morgan fingerprint density at radius 2 is 1.87 bits per heavy atom. The first-order valence-corrected chi connectivity index (χ1v) is 5.03. The summed E-state index contributed by atoms with van der Waals surface area (Å²) in [5, 5.41) is 18.9. The van der Waals surface area contributed by atoms with Gasteiger partial charge in [-0.1, -0.05) is 29.8 Å². The molecule has 1 aliphatic carbocycles. The van der Waals surface area contributed by atoms with Gasteiger partial charge in [0.05, 0.1) is 11.5 Å². The molecular weight excluding hydrogens is 192 g/mol. The molecule has 15 heavy (non-hydrogen) atoms. The first-order chi connectivity index (χ1) is 7.01. The van der Waals surface area contributed by atoms with Gasteiger partial charge in [0, 0.05) is 0 Å². The second-order valence-corrected chi connectivity index (χ2v) is 4.34. The van der Waals surface area contributed by atoms with Crippen molar-refractivity contribution in [3.63, 3.8) is 0 Å². The molecule has 0 heterocycles. The number of aliphatic carboxylic acids is 1. The maximum absolute atomic E-state index is 10.6. The van der Waals surface area contributed by atoms with Crippen LogP contribution in [0.2, 0.25) is 0 Å². The minimum absolute atomic E-state index is 0.325. The highest BCUT2D eigenvalue weighted by molar-refractivity contribution is 5.71. The number of aryl methyl sites for hydroxylation is 1. The van der Waals surface area contributed by atoms with Crippen molar-refractivity contribution in [3.8, 4) is 0 Å². The lowest BCUT2D eigenvalue weighted by molar-refractivity contribution is -0.159. The molecule has 1 aliphatic rings. The first kappa shape index (κ1) is 10.2. The van der Waals surface area contributed by atoms with Crippen LogP contribution in [0.25, 0.3) is 0 Å². The Morgan fingerprint density at radius 3 is 2.33 bits per heavy atom. The van der Waals surface area contributed by atoms with E-state index in [0.717, 1.165) is 11.1 Å². The van der Waals surface area contributed by atoms with Crippen LogP contribution in [0.5, 0.6) is 0 Å². The van der Waals surface area contributed by atoms with Crippen molar-refractivity contribution in [2.24, 2.45) is 5.92 Å². The Balaban J connectivity index is 2.13. The molecule has 1 aromatic rings. The van der Waals surface area contributed by atoms with E-state index in [0.29, 0.717) is 12.8 Å². The predicted octanol–water partition coefficient (Wildman–Crippen LogP) is 1.68. The average molecular weight is 206 g/mol. The fraction of sp³-hybridized carbons (Fsp3) is 0.417. The molecule has 1 saturated carbocycles. The molecule has 0 amide bonds. The molecule has 3 heteroatoms. The third kappa shape index (κ3) is 1.75. The number of carboxylic acids is 1. The molecule has 0 bridgehead atoms. The van der Waals surface area contributed by atoms with E-state index in [1.54, 1.807) is 0 Å². The van der Waals surface area contributed by atoms with Crippen LogP contribution in [0.15, 0.2) is 24.3 Å². The molecule has 3 nitrogen and oxygen atoms in total. The molecule has 2 rings (SSSR count). The fourth-order valence-electron chi connectivity index (χ4n) is 2.03. The molecule has 0 unspecified atom stereocenters. The predicted molar refractivity (Wildman–Crippen MR) is 55.4 cm³/mol. The Morgan fingerprint density at radius 1 is 1.33 bits per heavy atom. The van der Waals surface area contributed by atoms with Crippen molar-refractivity contribution in [1.82, 2.24) is 0 Å². The SMILES string of the molecule is Cc1ccc(C2(O)CC(C(=O)O)C2)cc1. The highest BCUT2D eigenvalue weighted by Crippen LogP contribution is 2.45. The molecule has 0 saturated heterocycles. The summed E-state index contributed by atoms with van der Waals surface area (Å²) in [6, 6.07) is 7.60. The number of aliphatic hydroxyl groups is 1. The fourth-order valence-corrected chi connectivity index (χ4v) is 2.03. The van der Waals surface area contributed by atoms with Crippen molar-refractivity contribution < 1.29 is 15.0 Å². The summed E-state index contributed by atoms with van der Waals surface area (Å²) in [4.78, 5) is 10.6. The van der Waals surface area contributed by atoms with Crippen molar-refractivity contribution in [1.29, 1.82) is 0 Å². The van der Waals surface area contributed by atoms with Crippen molar-refractivity contribution in [2.45, 2.75) is 25.4 Å². The van der Waals surface area contributed by atoms with E-state index in [9.17, 15) is 9.90 Å². The Bertz CT molecular complexity index is 374. The lowest BCUT2D eigenvalue weighted by Crippen LogP contribution is -2.44. The highest BCUT2D eigenvalue weighted by atomic mass is 16.4. The van der Waals surface area contributed by atoms with Gasteiger partial charge in [0.1, 0.15) is 0 Å². The lowest BCUT2D eigenvalue weighted by atomic mass is 9.67. The smallest absolute Gasteiger partial charge is 0.306 e. The van der Waals surface area contributed by atoms with Crippen molar-refractivity contribution in [3.05, 3.63) is 35.4 Å². The van der Waals surface area contributed by atoms with E-state index >= 15 is 0 Å². The van der Waals surface area contributed by atoms with E-state index in [-0.39, 0.29) is 0 Å². The Kier molecular flexibility index (Phi) is 2.27. The molecule has 0 radical (unpaired) electrons. The summed E-state index contributed by atoms with van der Waals surface area (Å²) in [5.41, 5.74) is 1.04. The number of carboxylic acid groups (broad SMARTS) is 1. The molecule has 1 fully saturated rings. The van der Waals surface area contributed by atoms with Crippen LogP contribution in [0.1, 0.15) is 24.0 Å². The molecule has 0 spiro atoms. The van der Waals surface area contributed by atoms with Gasteiger partial charge in [0.25, 0.3) is 0 Å². The lowest BCUT2D eigenvalue weighted by Gasteiger charge is -2.41. The van der Waals surface area contributed by atoms with Crippen LogP contribution in [-0.4, -0.2) is 16.2 Å². The maximum atomic E-state index is 10.6. The van der Waals surface area contributed by atoms with E-state index in [1.165, 1.54) is 0 Å². The van der Waals surface area contributed by atoms with Crippen molar-refractivity contribution in [2.75, 3.05) is 0 Å². The van der Waals surface area contributed by atoms with Crippen LogP contribution in [0, 0.1) is 12.8 Å². The van der Waals surface area contributed by atoms with Gasteiger partial charge < -0.3 is 10.2 Å². The number of benzene rings is 1. The summed E-state index contributed by atoms with van der Waals surface area (Å²) in [5.74, 6) is -1.21. The van der Waals surface area contributed by atoms with Gasteiger partial charge in [0.2, 0.25) is 0 Å². The van der Waals surface area contributed by atoms with Gasteiger partial charge in [-0.3, -0.25) is 4.79 Å². The number of rotatable bonds is 2. The molecular formula is C12H14O3. The van der Waals surface area contributed by atoms with Gasteiger partial charge >= 0.3 is 5.97 Å². The second kappa shape index (κ2) is 3.35. The summed E-state index contributed by atoms with van der Waals surface area (Å²) in [6.07, 6.45) is 0.650. The normalized spacial score (nSPS) is 29.6. The van der Waals surface area contributed by atoms with Crippen molar-refractivity contribution >= 4 is 5.97 Å². The molecule has 0 aliphatic heterocycles. The minimum atomic E-state index is -0.920. The Labute approximate surface area is 88.4 Å². The Hall–Kier alpha value is -1.35. The topological polar surface area (TPSA) is 57.5 Å². The summed E-state index contributed by atoms with van der Waals surface area (Å²) >= 11 is 0.